The highest BCUT2D eigenvalue weighted by atomic mass is 35.5. The average molecular weight is 307 g/mol. The lowest BCUT2D eigenvalue weighted by molar-refractivity contribution is 0.108. The van der Waals surface area contributed by atoms with Crippen LogP contribution < -0.4 is 0 Å². The van der Waals surface area contributed by atoms with Crippen molar-refractivity contribution < 1.29 is 4.79 Å². The fourth-order valence-corrected chi connectivity index (χ4v) is 4.49. The summed E-state index contributed by atoms with van der Waals surface area (Å²) in [6.07, 6.45) is 0. The van der Waals surface area contributed by atoms with Gasteiger partial charge in [0.2, 0.25) is 0 Å². The summed E-state index contributed by atoms with van der Waals surface area (Å²) in [5, 5.41) is 1.85. The minimum Gasteiger partial charge on any atom is -0.275 e. The molecule has 20 heavy (non-hydrogen) atoms. The lowest BCUT2D eigenvalue weighted by Gasteiger charge is -2.14. The summed E-state index contributed by atoms with van der Waals surface area (Å²) in [4.78, 5) is 11.9. The lowest BCUT2D eigenvalue weighted by Crippen LogP contribution is -1.97. The Morgan fingerprint density at radius 1 is 1.05 bits per heavy atom. The molecule has 106 valence electrons. The molecule has 0 saturated carbocycles. The van der Waals surface area contributed by atoms with Crippen molar-refractivity contribution in [3.8, 4) is 11.1 Å². The third kappa shape index (κ3) is 2.85. The quantitative estimate of drug-likeness (QED) is 0.632. The van der Waals surface area contributed by atoms with Crippen molar-refractivity contribution in [1.82, 2.24) is 0 Å². The van der Waals surface area contributed by atoms with Gasteiger partial charge in [-0.25, -0.2) is 0 Å². The van der Waals surface area contributed by atoms with E-state index in [1.54, 1.807) is 0 Å². The highest BCUT2D eigenvalue weighted by Gasteiger charge is 2.24. The normalized spacial score (nSPS) is 11.8. The summed E-state index contributed by atoms with van der Waals surface area (Å²) >= 11 is 5.85. The number of hydrogen-bond acceptors (Lipinski definition) is 1. The van der Waals surface area contributed by atoms with Gasteiger partial charge in [0.25, 0.3) is 5.24 Å². The molecule has 1 nitrogen and oxygen atoms in total. The Hall–Kier alpha value is -1.04. The van der Waals surface area contributed by atoms with Crippen LogP contribution in [0.4, 0.5) is 0 Å². The van der Waals surface area contributed by atoms with Crippen LogP contribution in [0, 0.1) is 0 Å². The van der Waals surface area contributed by atoms with Crippen LogP contribution in [0.25, 0.3) is 11.1 Å². The summed E-state index contributed by atoms with van der Waals surface area (Å²) in [7, 11) is 0.408. The van der Waals surface area contributed by atoms with Crippen molar-refractivity contribution in [3.63, 3.8) is 0 Å². The van der Waals surface area contributed by atoms with Gasteiger partial charge in [-0.15, -0.1) is 8.19 Å². The van der Waals surface area contributed by atoms with E-state index in [0.29, 0.717) is 20.0 Å². The molecule has 0 amide bonds. The van der Waals surface area contributed by atoms with E-state index >= 15 is 0 Å². The predicted molar refractivity (Wildman–Crippen MR) is 89.7 cm³/mol. The number of carbonyl (C=O) groups excluding carboxylic acids is 1. The maximum Gasteiger partial charge on any atom is 0.256 e. The number of hydrogen-bond donors (Lipinski definition) is 0. The molecule has 0 saturated heterocycles. The second-order valence-electron chi connectivity index (χ2n) is 5.65. The number of carbonyl (C=O) groups is 1. The largest absolute Gasteiger partial charge is 0.275 e. The summed E-state index contributed by atoms with van der Waals surface area (Å²) in [5.41, 5.74) is 3.49. The fraction of sp³-hybridized carbons (Fsp3) is 0.353. The Kier molecular flexibility index (Phi) is 4.73. The molecule has 0 spiro atoms. The number of halogens is 1. The van der Waals surface area contributed by atoms with Gasteiger partial charge >= 0.3 is 0 Å². The van der Waals surface area contributed by atoms with Crippen molar-refractivity contribution in [2.75, 3.05) is 0 Å². The third-order valence-electron chi connectivity index (χ3n) is 3.48. The molecule has 0 bridgehead atoms. The first-order chi connectivity index (χ1) is 9.43. The molecule has 0 aliphatic carbocycles. The predicted octanol–water partition coefficient (Wildman–Crippen LogP) is 6.01. The van der Waals surface area contributed by atoms with Crippen LogP contribution in [0.2, 0.25) is 0 Å². The third-order valence-corrected chi connectivity index (χ3v) is 5.67. The Morgan fingerprint density at radius 3 is 2.10 bits per heavy atom. The second-order valence-corrected chi connectivity index (χ2v) is 7.28. The molecule has 3 heteroatoms. The van der Waals surface area contributed by atoms with E-state index in [1.807, 2.05) is 18.2 Å². The van der Waals surface area contributed by atoms with Gasteiger partial charge in [-0.1, -0.05) is 58.0 Å². The summed E-state index contributed by atoms with van der Waals surface area (Å²) in [6.45, 7) is 8.75. The smallest absolute Gasteiger partial charge is 0.256 e. The Bertz CT molecular complexity index is 611. The molecule has 0 aliphatic heterocycles. The molecule has 0 aliphatic rings. The summed E-state index contributed by atoms with van der Waals surface area (Å²) < 4.78 is 0. The minimum atomic E-state index is -0.309. The first kappa shape index (κ1) is 15.4. The molecule has 0 radical (unpaired) electrons. The topological polar surface area (TPSA) is 17.1 Å². The van der Waals surface area contributed by atoms with Crippen molar-refractivity contribution in [2.45, 2.75) is 39.5 Å². The van der Waals surface area contributed by atoms with E-state index in [0.717, 1.165) is 16.4 Å². The molecular formula is C17H20ClOP. The maximum atomic E-state index is 11.9. The summed E-state index contributed by atoms with van der Waals surface area (Å²) in [5.74, 6) is 0.835. The fourth-order valence-electron chi connectivity index (χ4n) is 2.64. The second kappa shape index (κ2) is 6.16. The van der Waals surface area contributed by atoms with Crippen LogP contribution in [0.15, 0.2) is 30.3 Å². The molecule has 1 heterocycles. The van der Waals surface area contributed by atoms with E-state index in [4.69, 9.17) is 11.6 Å². The summed E-state index contributed by atoms with van der Waals surface area (Å²) in [6, 6.07) is 10.1. The Morgan fingerprint density at radius 2 is 1.65 bits per heavy atom. The first-order valence-electron chi connectivity index (χ1n) is 6.94. The van der Waals surface area contributed by atoms with Crippen LogP contribution in [0.5, 0.6) is 0 Å². The van der Waals surface area contributed by atoms with Crippen LogP contribution in [-0.2, 0) is 0 Å². The van der Waals surface area contributed by atoms with Gasteiger partial charge in [0, 0.05) is 5.56 Å². The first-order valence-corrected chi connectivity index (χ1v) is 8.32. The Balaban J connectivity index is 2.78. The van der Waals surface area contributed by atoms with E-state index < -0.39 is 0 Å². The lowest BCUT2D eigenvalue weighted by atomic mass is 9.90. The van der Waals surface area contributed by atoms with Gasteiger partial charge in [0.15, 0.2) is 0 Å². The van der Waals surface area contributed by atoms with Crippen molar-refractivity contribution >= 4 is 25.0 Å². The van der Waals surface area contributed by atoms with Crippen molar-refractivity contribution in [1.29, 1.82) is 0 Å². The molecule has 2 rings (SSSR count). The van der Waals surface area contributed by atoms with Gasteiger partial charge in [-0.2, -0.15) is 0 Å². The molecule has 1 aromatic heterocycles. The molecular weight excluding hydrogens is 287 g/mol. The molecule has 2 aromatic rings. The number of benzene rings is 1. The van der Waals surface area contributed by atoms with E-state index in [1.165, 1.54) is 10.9 Å². The standard InChI is InChI=1S/C17H20ClOP/c1-10(2)13-14(12-8-6-5-7-9-12)16(17(18)19)20-15(13)11(3)4/h5-11,20H,1-4H3. The highest BCUT2D eigenvalue weighted by Crippen LogP contribution is 2.47. The van der Waals surface area contributed by atoms with Crippen molar-refractivity contribution in [3.05, 3.63) is 46.5 Å². The van der Waals surface area contributed by atoms with E-state index in [2.05, 4.69) is 39.8 Å². The van der Waals surface area contributed by atoms with Gasteiger partial charge in [-0.05, 0) is 39.9 Å². The monoisotopic (exact) mass is 306 g/mol. The van der Waals surface area contributed by atoms with Gasteiger partial charge in [-0.3, -0.25) is 4.79 Å². The van der Waals surface area contributed by atoms with Gasteiger partial charge < -0.3 is 0 Å². The molecule has 1 unspecified atom stereocenters. The highest BCUT2D eigenvalue weighted by molar-refractivity contribution is 7.35. The van der Waals surface area contributed by atoms with E-state index in [-0.39, 0.29) is 5.24 Å². The zero-order valence-corrected chi connectivity index (χ0v) is 14.1. The maximum absolute atomic E-state index is 11.9. The molecule has 0 N–H and O–H groups in total. The molecule has 1 aromatic carbocycles. The molecule has 1 atom stereocenters. The van der Waals surface area contributed by atoms with Crippen LogP contribution >= 0.6 is 19.8 Å². The van der Waals surface area contributed by atoms with Gasteiger partial charge in [0.05, 0.1) is 5.30 Å². The molecule has 0 fully saturated rings. The zero-order chi connectivity index (χ0) is 14.9. The zero-order valence-electron chi connectivity index (χ0n) is 12.3. The average Bonchev–Trinajstić information content (AvgIpc) is 2.80. The minimum absolute atomic E-state index is 0.309. The van der Waals surface area contributed by atoms with Gasteiger partial charge in [0.1, 0.15) is 0 Å². The van der Waals surface area contributed by atoms with Crippen LogP contribution in [0.3, 0.4) is 0 Å². The number of rotatable bonds is 4. The van der Waals surface area contributed by atoms with Crippen molar-refractivity contribution in [2.24, 2.45) is 0 Å². The Labute approximate surface area is 127 Å². The van der Waals surface area contributed by atoms with E-state index in [9.17, 15) is 4.79 Å². The van der Waals surface area contributed by atoms with Crippen LogP contribution in [-0.4, -0.2) is 5.24 Å². The van der Waals surface area contributed by atoms with Crippen LogP contribution in [0.1, 0.15) is 60.5 Å². The SMILES string of the molecule is CC(C)c1[pH]c(C(=O)Cl)c(-c2ccccc2)c1C(C)C.